The van der Waals surface area contributed by atoms with Crippen LogP contribution in [0.3, 0.4) is 0 Å². The van der Waals surface area contributed by atoms with E-state index in [1.807, 2.05) is 22.9 Å². The lowest BCUT2D eigenvalue weighted by Crippen LogP contribution is -1.95. The zero-order chi connectivity index (χ0) is 9.42. The molecule has 13 heavy (non-hydrogen) atoms. The molecule has 2 rings (SSSR count). The van der Waals surface area contributed by atoms with Crippen LogP contribution in [0, 0.1) is 0 Å². The molecule has 0 aliphatic heterocycles. The van der Waals surface area contributed by atoms with Gasteiger partial charge in [-0.3, -0.25) is 4.68 Å². The predicted molar refractivity (Wildman–Crippen MR) is 57.5 cm³/mol. The minimum atomic E-state index is 0.767. The average molecular weight is 240 g/mol. The standard InChI is InChI=1S/C9H10BrN3/c1-2-13-8-4-3-6(11)5-7(8)9(10)12-13/h3-5H,2,11H2,1H3. The smallest absolute Gasteiger partial charge is 0.136 e. The van der Waals surface area contributed by atoms with Crippen molar-refractivity contribution in [1.29, 1.82) is 0 Å². The number of aryl methyl sites for hydroxylation is 1. The zero-order valence-electron chi connectivity index (χ0n) is 7.29. The monoisotopic (exact) mass is 239 g/mol. The first-order chi connectivity index (χ1) is 6.22. The lowest BCUT2D eigenvalue weighted by atomic mass is 10.2. The van der Waals surface area contributed by atoms with Gasteiger partial charge in [-0.2, -0.15) is 5.10 Å². The molecule has 0 bridgehead atoms. The third-order valence-electron chi connectivity index (χ3n) is 2.03. The van der Waals surface area contributed by atoms with Gasteiger partial charge in [-0.25, -0.2) is 0 Å². The molecule has 1 heterocycles. The fourth-order valence-electron chi connectivity index (χ4n) is 1.40. The molecule has 0 aliphatic rings. The molecule has 0 unspecified atom stereocenters. The molecule has 4 heteroatoms. The van der Waals surface area contributed by atoms with Crippen LogP contribution in [0.4, 0.5) is 5.69 Å². The highest BCUT2D eigenvalue weighted by Gasteiger charge is 2.06. The van der Waals surface area contributed by atoms with Crippen LogP contribution in [0.1, 0.15) is 6.92 Å². The van der Waals surface area contributed by atoms with E-state index in [-0.39, 0.29) is 0 Å². The van der Waals surface area contributed by atoms with Crippen molar-refractivity contribution in [1.82, 2.24) is 9.78 Å². The van der Waals surface area contributed by atoms with Gasteiger partial charge in [0.15, 0.2) is 0 Å². The summed E-state index contributed by atoms with van der Waals surface area (Å²) in [7, 11) is 0. The maximum atomic E-state index is 5.69. The highest BCUT2D eigenvalue weighted by atomic mass is 79.9. The van der Waals surface area contributed by atoms with Gasteiger partial charge in [0.25, 0.3) is 0 Å². The van der Waals surface area contributed by atoms with Crippen molar-refractivity contribution >= 4 is 32.5 Å². The lowest BCUT2D eigenvalue weighted by Gasteiger charge is -1.97. The van der Waals surface area contributed by atoms with E-state index in [0.29, 0.717) is 0 Å². The summed E-state index contributed by atoms with van der Waals surface area (Å²) in [4.78, 5) is 0. The van der Waals surface area contributed by atoms with E-state index in [4.69, 9.17) is 5.73 Å². The molecular formula is C9H10BrN3. The summed E-state index contributed by atoms with van der Waals surface area (Å²) in [5, 5.41) is 5.40. The molecule has 0 saturated heterocycles. The van der Waals surface area contributed by atoms with Crippen molar-refractivity contribution in [3.8, 4) is 0 Å². The molecule has 0 aliphatic carbocycles. The number of rotatable bonds is 1. The van der Waals surface area contributed by atoms with E-state index in [2.05, 4.69) is 28.0 Å². The van der Waals surface area contributed by atoms with Crippen LogP contribution in [0.25, 0.3) is 10.9 Å². The van der Waals surface area contributed by atoms with Crippen molar-refractivity contribution in [2.75, 3.05) is 5.73 Å². The van der Waals surface area contributed by atoms with E-state index in [1.54, 1.807) is 0 Å². The first-order valence-corrected chi connectivity index (χ1v) is 4.93. The third kappa shape index (κ3) is 1.31. The Labute approximate surface area is 84.7 Å². The lowest BCUT2D eigenvalue weighted by molar-refractivity contribution is 0.678. The average Bonchev–Trinajstić information content (AvgIpc) is 2.43. The number of hydrogen-bond donors (Lipinski definition) is 1. The molecule has 0 atom stereocenters. The van der Waals surface area contributed by atoms with Gasteiger partial charge in [0.1, 0.15) is 4.60 Å². The molecule has 1 aromatic heterocycles. The van der Waals surface area contributed by atoms with Crippen LogP contribution >= 0.6 is 15.9 Å². The number of benzene rings is 1. The zero-order valence-corrected chi connectivity index (χ0v) is 8.87. The number of nitrogens with zero attached hydrogens (tertiary/aromatic N) is 2. The second kappa shape index (κ2) is 3.03. The van der Waals surface area contributed by atoms with Crippen molar-refractivity contribution < 1.29 is 0 Å². The van der Waals surface area contributed by atoms with E-state index < -0.39 is 0 Å². The molecule has 3 nitrogen and oxygen atoms in total. The molecule has 1 aromatic carbocycles. The normalized spacial score (nSPS) is 10.9. The number of nitrogens with two attached hydrogens (primary N) is 1. The minimum Gasteiger partial charge on any atom is -0.399 e. The third-order valence-corrected chi connectivity index (χ3v) is 2.61. The summed E-state index contributed by atoms with van der Waals surface area (Å²) in [5.41, 5.74) is 7.57. The molecule has 0 fully saturated rings. The van der Waals surface area contributed by atoms with Gasteiger partial charge >= 0.3 is 0 Å². The van der Waals surface area contributed by atoms with Crippen LogP contribution in [0.5, 0.6) is 0 Å². The summed E-state index contributed by atoms with van der Waals surface area (Å²) in [5.74, 6) is 0. The maximum Gasteiger partial charge on any atom is 0.136 e. The second-order valence-corrected chi connectivity index (χ2v) is 3.63. The molecule has 2 aromatic rings. The Bertz CT molecular complexity index is 447. The number of nitrogen functional groups attached to an aromatic ring is 1. The Morgan fingerprint density at radius 3 is 3.00 bits per heavy atom. The molecule has 0 radical (unpaired) electrons. The predicted octanol–water partition coefficient (Wildman–Crippen LogP) is 2.40. The topological polar surface area (TPSA) is 43.8 Å². The highest BCUT2D eigenvalue weighted by molar-refractivity contribution is 9.10. The summed E-state index contributed by atoms with van der Waals surface area (Å²) in [6, 6.07) is 5.81. The van der Waals surface area contributed by atoms with E-state index in [9.17, 15) is 0 Å². The van der Waals surface area contributed by atoms with Crippen molar-refractivity contribution in [2.45, 2.75) is 13.5 Å². The first kappa shape index (κ1) is 8.56. The van der Waals surface area contributed by atoms with E-state index in [1.165, 1.54) is 0 Å². The summed E-state index contributed by atoms with van der Waals surface area (Å²) < 4.78 is 2.80. The Hall–Kier alpha value is -1.03. The number of halogens is 1. The first-order valence-electron chi connectivity index (χ1n) is 4.14. The van der Waals surface area contributed by atoms with Crippen LogP contribution in [-0.2, 0) is 6.54 Å². The maximum absolute atomic E-state index is 5.69. The van der Waals surface area contributed by atoms with Gasteiger partial charge in [0.05, 0.1) is 5.52 Å². The summed E-state index contributed by atoms with van der Waals surface area (Å²) >= 11 is 3.41. The van der Waals surface area contributed by atoms with Crippen LogP contribution in [-0.4, -0.2) is 9.78 Å². The quantitative estimate of drug-likeness (QED) is 0.778. The number of hydrogen-bond acceptors (Lipinski definition) is 2. The molecule has 2 N–H and O–H groups in total. The Kier molecular flexibility index (Phi) is 2.00. The Morgan fingerprint density at radius 1 is 1.54 bits per heavy atom. The van der Waals surface area contributed by atoms with Gasteiger partial charge in [-0.1, -0.05) is 0 Å². The summed E-state index contributed by atoms with van der Waals surface area (Å²) in [6.07, 6.45) is 0. The van der Waals surface area contributed by atoms with Crippen LogP contribution in [0.2, 0.25) is 0 Å². The molecule has 68 valence electrons. The molecule has 0 amide bonds. The highest BCUT2D eigenvalue weighted by Crippen LogP contribution is 2.24. The largest absolute Gasteiger partial charge is 0.399 e. The van der Waals surface area contributed by atoms with Gasteiger partial charge in [-0.15, -0.1) is 0 Å². The van der Waals surface area contributed by atoms with Crippen molar-refractivity contribution in [2.24, 2.45) is 0 Å². The number of fused-ring (bicyclic) bond motifs is 1. The fraction of sp³-hybridized carbons (Fsp3) is 0.222. The van der Waals surface area contributed by atoms with Crippen molar-refractivity contribution in [3.63, 3.8) is 0 Å². The van der Waals surface area contributed by atoms with Gasteiger partial charge in [0.2, 0.25) is 0 Å². The number of anilines is 1. The SMILES string of the molecule is CCn1nc(Br)c2cc(N)ccc21. The molecule has 0 spiro atoms. The summed E-state index contributed by atoms with van der Waals surface area (Å²) in [6.45, 7) is 2.93. The number of aromatic nitrogens is 2. The van der Waals surface area contributed by atoms with Crippen LogP contribution < -0.4 is 5.73 Å². The molecule has 0 saturated carbocycles. The van der Waals surface area contributed by atoms with E-state index in [0.717, 1.165) is 27.7 Å². The minimum absolute atomic E-state index is 0.767. The Balaban J connectivity index is 2.80. The fourth-order valence-corrected chi connectivity index (χ4v) is 1.91. The second-order valence-electron chi connectivity index (χ2n) is 2.88. The van der Waals surface area contributed by atoms with Gasteiger partial charge in [-0.05, 0) is 41.1 Å². The molecular weight excluding hydrogens is 230 g/mol. The van der Waals surface area contributed by atoms with Crippen molar-refractivity contribution in [3.05, 3.63) is 22.8 Å². The van der Waals surface area contributed by atoms with Crippen LogP contribution in [0.15, 0.2) is 22.8 Å². The van der Waals surface area contributed by atoms with Gasteiger partial charge < -0.3 is 5.73 Å². The Morgan fingerprint density at radius 2 is 2.31 bits per heavy atom. The van der Waals surface area contributed by atoms with E-state index >= 15 is 0 Å². The van der Waals surface area contributed by atoms with Gasteiger partial charge in [0, 0.05) is 17.6 Å².